The van der Waals surface area contributed by atoms with Crippen LogP contribution in [0.1, 0.15) is 34.6 Å². The largest absolute Gasteiger partial charge is 0.389 e. The van der Waals surface area contributed by atoms with Gasteiger partial charge in [0.2, 0.25) is 5.91 Å². The van der Waals surface area contributed by atoms with Crippen molar-refractivity contribution in [2.75, 3.05) is 13.6 Å². The SMILES string of the molecule is CCN(C)C(=O)C(C)NC(C)C(C)(C)O. The van der Waals surface area contributed by atoms with Gasteiger partial charge in [-0.1, -0.05) is 0 Å². The summed E-state index contributed by atoms with van der Waals surface area (Å²) in [5.41, 5.74) is -0.820. The highest BCUT2D eigenvalue weighted by Crippen LogP contribution is 2.08. The number of likely N-dealkylation sites (N-methyl/N-ethyl adjacent to an activating group) is 1. The number of amides is 1. The highest BCUT2D eigenvalue weighted by Gasteiger charge is 2.26. The molecule has 1 amide bonds. The number of rotatable bonds is 5. The molecule has 2 atom stereocenters. The second-order valence-corrected chi connectivity index (χ2v) is 4.62. The van der Waals surface area contributed by atoms with Gasteiger partial charge in [-0.2, -0.15) is 0 Å². The Balaban J connectivity index is 4.25. The number of aliphatic hydroxyl groups is 1. The number of nitrogens with zero attached hydrogens (tertiary/aromatic N) is 1. The van der Waals surface area contributed by atoms with Gasteiger partial charge in [0.05, 0.1) is 11.6 Å². The minimum absolute atomic E-state index is 0.0496. The van der Waals surface area contributed by atoms with Crippen molar-refractivity contribution in [3.05, 3.63) is 0 Å². The molecule has 0 aliphatic rings. The Morgan fingerprint density at radius 1 is 1.47 bits per heavy atom. The van der Waals surface area contributed by atoms with E-state index in [1.165, 1.54) is 0 Å². The van der Waals surface area contributed by atoms with Crippen LogP contribution in [0.15, 0.2) is 0 Å². The van der Waals surface area contributed by atoms with Gasteiger partial charge in [-0.3, -0.25) is 4.79 Å². The molecule has 4 nitrogen and oxygen atoms in total. The smallest absolute Gasteiger partial charge is 0.239 e. The Bertz CT molecular complexity index is 211. The molecule has 0 heterocycles. The van der Waals surface area contributed by atoms with Crippen LogP contribution in [0.3, 0.4) is 0 Å². The van der Waals surface area contributed by atoms with E-state index in [-0.39, 0.29) is 18.0 Å². The van der Waals surface area contributed by atoms with Crippen LogP contribution < -0.4 is 5.32 Å². The fraction of sp³-hybridized carbons (Fsp3) is 0.909. The average molecular weight is 216 g/mol. The van der Waals surface area contributed by atoms with Gasteiger partial charge in [0.15, 0.2) is 0 Å². The summed E-state index contributed by atoms with van der Waals surface area (Å²) in [4.78, 5) is 13.4. The van der Waals surface area contributed by atoms with Crippen molar-refractivity contribution in [2.24, 2.45) is 0 Å². The normalized spacial score (nSPS) is 15.9. The summed E-state index contributed by atoms with van der Waals surface area (Å²) in [6.45, 7) is 9.77. The third-order valence-electron chi connectivity index (χ3n) is 2.78. The molecule has 0 aliphatic heterocycles. The van der Waals surface area contributed by atoms with Crippen LogP contribution in [-0.2, 0) is 4.79 Å². The molecule has 0 rings (SSSR count). The highest BCUT2D eigenvalue weighted by atomic mass is 16.3. The van der Waals surface area contributed by atoms with Crippen molar-refractivity contribution in [1.82, 2.24) is 10.2 Å². The molecule has 0 saturated carbocycles. The number of carbonyl (C=O) groups is 1. The lowest BCUT2D eigenvalue weighted by Crippen LogP contribution is -2.53. The fourth-order valence-corrected chi connectivity index (χ4v) is 1.14. The van der Waals surface area contributed by atoms with Gasteiger partial charge in [0.25, 0.3) is 0 Å². The van der Waals surface area contributed by atoms with Gasteiger partial charge >= 0.3 is 0 Å². The zero-order valence-electron chi connectivity index (χ0n) is 10.7. The maximum absolute atomic E-state index is 11.7. The maximum atomic E-state index is 11.7. The van der Waals surface area contributed by atoms with E-state index >= 15 is 0 Å². The molecular formula is C11H24N2O2. The van der Waals surface area contributed by atoms with E-state index in [0.717, 1.165) is 0 Å². The zero-order chi connectivity index (χ0) is 12.2. The van der Waals surface area contributed by atoms with E-state index in [1.54, 1.807) is 25.8 Å². The molecule has 90 valence electrons. The Morgan fingerprint density at radius 2 is 1.93 bits per heavy atom. The molecule has 0 aromatic carbocycles. The van der Waals surface area contributed by atoms with E-state index in [2.05, 4.69) is 5.32 Å². The predicted octanol–water partition coefficient (Wildman–Crippen LogP) is 0.602. The van der Waals surface area contributed by atoms with Gasteiger partial charge in [-0.25, -0.2) is 0 Å². The van der Waals surface area contributed by atoms with E-state index in [9.17, 15) is 9.90 Å². The van der Waals surface area contributed by atoms with Crippen LogP contribution in [0.4, 0.5) is 0 Å². The van der Waals surface area contributed by atoms with Crippen molar-refractivity contribution in [2.45, 2.75) is 52.3 Å². The summed E-state index contributed by atoms with van der Waals surface area (Å²) in [5, 5.41) is 12.8. The van der Waals surface area contributed by atoms with Crippen LogP contribution in [-0.4, -0.2) is 47.2 Å². The first-order valence-electron chi connectivity index (χ1n) is 5.43. The number of nitrogens with one attached hydrogen (secondary N) is 1. The summed E-state index contributed by atoms with van der Waals surface area (Å²) in [7, 11) is 1.77. The van der Waals surface area contributed by atoms with Crippen molar-refractivity contribution >= 4 is 5.91 Å². The molecule has 0 saturated heterocycles. The van der Waals surface area contributed by atoms with Crippen LogP contribution >= 0.6 is 0 Å². The van der Waals surface area contributed by atoms with Crippen LogP contribution in [0, 0.1) is 0 Å². The minimum atomic E-state index is -0.820. The monoisotopic (exact) mass is 216 g/mol. The van der Waals surface area contributed by atoms with Gasteiger partial charge < -0.3 is 15.3 Å². The molecule has 0 bridgehead atoms. The molecule has 2 unspecified atom stereocenters. The van der Waals surface area contributed by atoms with E-state index < -0.39 is 5.60 Å². The first kappa shape index (κ1) is 14.4. The third-order valence-corrected chi connectivity index (χ3v) is 2.78. The topological polar surface area (TPSA) is 52.6 Å². The lowest BCUT2D eigenvalue weighted by Gasteiger charge is -2.30. The standard InChI is InChI=1S/C11H24N2O2/c1-7-13(6)10(14)8(2)12-9(3)11(4,5)15/h8-9,12,15H,7H2,1-6H3. The molecule has 0 aromatic rings. The van der Waals surface area contributed by atoms with Crippen molar-refractivity contribution in [3.8, 4) is 0 Å². The summed E-state index contributed by atoms with van der Waals surface area (Å²) in [6.07, 6.45) is 0. The van der Waals surface area contributed by atoms with E-state index in [4.69, 9.17) is 0 Å². The Labute approximate surface area is 92.7 Å². The predicted molar refractivity (Wildman–Crippen MR) is 61.7 cm³/mol. The van der Waals surface area contributed by atoms with Crippen molar-refractivity contribution in [3.63, 3.8) is 0 Å². The lowest BCUT2D eigenvalue weighted by molar-refractivity contribution is -0.132. The molecule has 0 spiro atoms. The molecular weight excluding hydrogens is 192 g/mol. The molecule has 0 aliphatic carbocycles. The third kappa shape index (κ3) is 4.62. The Hall–Kier alpha value is -0.610. The summed E-state index contributed by atoms with van der Waals surface area (Å²) in [5.74, 6) is 0.0496. The van der Waals surface area contributed by atoms with Crippen LogP contribution in [0.25, 0.3) is 0 Å². The van der Waals surface area contributed by atoms with Gasteiger partial charge in [0.1, 0.15) is 0 Å². The average Bonchev–Trinajstić information content (AvgIpc) is 2.13. The van der Waals surface area contributed by atoms with Crippen LogP contribution in [0.5, 0.6) is 0 Å². The Morgan fingerprint density at radius 3 is 2.27 bits per heavy atom. The number of hydrogen-bond acceptors (Lipinski definition) is 3. The maximum Gasteiger partial charge on any atom is 0.239 e. The molecule has 0 radical (unpaired) electrons. The van der Waals surface area contributed by atoms with E-state index in [1.807, 2.05) is 20.8 Å². The van der Waals surface area contributed by atoms with Gasteiger partial charge in [-0.15, -0.1) is 0 Å². The Kier molecular flexibility index (Phi) is 5.24. The van der Waals surface area contributed by atoms with E-state index in [0.29, 0.717) is 6.54 Å². The molecule has 0 fully saturated rings. The highest BCUT2D eigenvalue weighted by molar-refractivity contribution is 5.81. The first-order valence-corrected chi connectivity index (χ1v) is 5.43. The van der Waals surface area contributed by atoms with Crippen molar-refractivity contribution in [1.29, 1.82) is 0 Å². The fourth-order valence-electron chi connectivity index (χ4n) is 1.14. The number of hydrogen-bond donors (Lipinski definition) is 2. The van der Waals surface area contributed by atoms with Crippen LogP contribution in [0.2, 0.25) is 0 Å². The lowest BCUT2D eigenvalue weighted by atomic mass is 10.00. The molecule has 0 aromatic heterocycles. The molecule has 4 heteroatoms. The molecule has 15 heavy (non-hydrogen) atoms. The molecule has 2 N–H and O–H groups in total. The zero-order valence-corrected chi connectivity index (χ0v) is 10.7. The first-order chi connectivity index (χ1) is 6.70. The van der Waals surface area contributed by atoms with Gasteiger partial charge in [0, 0.05) is 19.6 Å². The second-order valence-electron chi connectivity index (χ2n) is 4.62. The summed E-state index contributed by atoms with van der Waals surface area (Å²) >= 11 is 0. The second kappa shape index (κ2) is 5.47. The minimum Gasteiger partial charge on any atom is -0.389 e. The van der Waals surface area contributed by atoms with Crippen molar-refractivity contribution < 1.29 is 9.90 Å². The summed E-state index contributed by atoms with van der Waals surface area (Å²) < 4.78 is 0. The summed E-state index contributed by atoms with van der Waals surface area (Å²) in [6, 6.07) is -0.391. The quantitative estimate of drug-likeness (QED) is 0.707. The number of carbonyl (C=O) groups excluding carboxylic acids is 1. The van der Waals surface area contributed by atoms with Gasteiger partial charge in [-0.05, 0) is 34.6 Å².